The number of halogens is 2. The summed E-state index contributed by atoms with van der Waals surface area (Å²) < 4.78 is 13.4. The fourth-order valence-corrected chi connectivity index (χ4v) is 2.38. The van der Waals surface area contributed by atoms with E-state index in [0.717, 1.165) is 0 Å². The molecule has 25 heavy (non-hydrogen) atoms. The van der Waals surface area contributed by atoms with Gasteiger partial charge in [0.15, 0.2) is 21.5 Å². The highest BCUT2D eigenvalue weighted by atomic mass is 35.5. The van der Waals surface area contributed by atoms with E-state index in [4.69, 9.17) is 32.7 Å². The topological polar surface area (TPSA) is 88.2 Å². The minimum atomic E-state index is -0.396. The van der Waals surface area contributed by atoms with Crippen molar-refractivity contribution in [2.45, 2.75) is 33.4 Å². The molecule has 0 N–H and O–H groups in total. The Kier molecular flexibility index (Phi) is 6.83. The second kappa shape index (κ2) is 8.87. The predicted octanol–water partition coefficient (Wildman–Crippen LogP) is 1.99. The Morgan fingerprint density at radius 3 is 1.64 bits per heavy atom. The molecule has 0 saturated heterocycles. The molecule has 0 aliphatic heterocycles. The van der Waals surface area contributed by atoms with Crippen molar-refractivity contribution >= 4 is 23.2 Å². The minimum absolute atomic E-state index is 0.00631. The molecule has 0 fully saturated rings. The maximum absolute atomic E-state index is 11.8. The minimum Gasteiger partial charge on any atom is -0.490 e. The highest BCUT2D eigenvalue weighted by Gasteiger charge is 2.11. The zero-order valence-electron chi connectivity index (χ0n) is 13.9. The molecule has 0 spiro atoms. The Balaban J connectivity index is 1.87. The molecule has 2 aromatic heterocycles. The van der Waals surface area contributed by atoms with Crippen molar-refractivity contribution in [3.05, 3.63) is 43.1 Å². The monoisotopic (exact) mass is 388 g/mol. The molecule has 2 heterocycles. The third kappa shape index (κ3) is 4.52. The van der Waals surface area contributed by atoms with E-state index in [2.05, 4.69) is 10.2 Å². The van der Waals surface area contributed by atoms with Gasteiger partial charge in [0.2, 0.25) is 0 Å². The van der Waals surface area contributed by atoms with Gasteiger partial charge in [0.25, 0.3) is 11.1 Å². The summed E-state index contributed by atoms with van der Waals surface area (Å²) in [6.45, 7) is 4.96. The van der Waals surface area contributed by atoms with Gasteiger partial charge >= 0.3 is 0 Å². The first-order valence-corrected chi connectivity index (χ1v) is 8.52. The Hall–Kier alpha value is -2.06. The van der Waals surface area contributed by atoms with Crippen LogP contribution in [-0.4, -0.2) is 32.8 Å². The van der Waals surface area contributed by atoms with Gasteiger partial charge in [-0.05, 0) is 13.8 Å². The normalized spacial score (nSPS) is 10.7. The second-order valence-corrected chi connectivity index (χ2v) is 5.69. The lowest BCUT2D eigenvalue weighted by Crippen LogP contribution is -2.23. The summed E-state index contributed by atoms with van der Waals surface area (Å²) in [5, 5.41) is 7.87. The molecule has 2 rings (SSSR count). The van der Waals surface area contributed by atoms with E-state index in [9.17, 15) is 9.59 Å². The molecule has 0 aromatic carbocycles. The number of aryl methyl sites for hydroxylation is 2. The Labute approximate surface area is 153 Å². The average molecular weight is 389 g/mol. The average Bonchev–Trinajstić information content (AvgIpc) is 2.62. The zero-order valence-corrected chi connectivity index (χ0v) is 15.4. The molecule has 0 aliphatic rings. The molecule has 0 bridgehead atoms. The quantitative estimate of drug-likeness (QED) is 0.642. The van der Waals surface area contributed by atoms with Crippen molar-refractivity contribution in [3.63, 3.8) is 0 Å². The van der Waals surface area contributed by atoms with Crippen molar-refractivity contribution in [1.82, 2.24) is 19.6 Å². The van der Waals surface area contributed by atoms with Crippen molar-refractivity contribution in [2.24, 2.45) is 0 Å². The van der Waals surface area contributed by atoms with E-state index >= 15 is 0 Å². The van der Waals surface area contributed by atoms with Gasteiger partial charge < -0.3 is 9.47 Å². The van der Waals surface area contributed by atoms with Crippen LogP contribution in [0.1, 0.15) is 20.3 Å². The third-order valence-corrected chi connectivity index (χ3v) is 4.00. The molecule has 8 nitrogen and oxygen atoms in total. The van der Waals surface area contributed by atoms with E-state index < -0.39 is 11.1 Å². The van der Waals surface area contributed by atoms with Gasteiger partial charge in [-0.15, -0.1) is 0 Å². The van der Waals surface area contributed by atoms with Crippen LogP contribution in [0.2, 0.25) is 10.0 Å². The maximum Gasteiger partial charge on any atom is 0.289 e. The van der Waals surface area contributed by atoms with Crippen molar-refractivity contribution in [1.29, 1.82) is 0 Å². The summed E-state index contributed by atoms with van der Waals surface area (Å²) in [7, 11) is 0. The summed E-state index contributed by atoms with van der Waals surface area (Å²) in [6.07, 6.45) is 3.29. The fraction of sp³-hybridized carbons (Fsp3) is 0.467. The smallest absolute Gasteiger partial charge is 0.289 e. The third-order valence-electron chi connectivity index (χ3n) is 3.31. The fourth-order valence-electron chi connectivity index (χ4n) is 1.97. The number of ether oxygens (including phenoxy) is 2. The van der Waals surface area contributed by atoms with Crippen molar-refractivity contribution in [2.75, 3.05) is 13.2 Å². The first-order valence-electron chi connectivity index (χ1n) is 7.76. The lowest BCUT2D eigenvalue weighted by Gasteiger charge is -2.10. The summed E-state index contributed by atoms with van der Waals surface area (Å²) in [5.41, 5.74) is -0.792. The summed E-state index contributed by atoms with van der Waals surface area (Å²) in [5.74, 6) is 0.447. The van der Waals surface area contributed by atoms with E-state index in [1.54, 1.807) is 13.8 Å². The van der Waals surface area contributed by atoms with Gasteiger partial charge in [-0.25, -0.2) is 9.36 Å². The molecule has 0 amide bonds. The highest BCUT2D eigenvalue weighted by Crippen LogP contribution is 2.20. The van der Waals surface area contributed by atoms with Gasteiger partial charge in [0.1, 0.15) is 0 Å². The molecule has 2 aromatic rings. The first-order chi connectivity index (χ1) is 12.0. The van der Waals surface area contributed by atoms with Gasteiger partial charge in [-0.1, -0.05) is 23.2 Å². The van der Waals surface area contributed by atoms with Crippen molar-refractivity contribution < 1.29 is 9.47 Å². The zero-order chi connectivity index (χ0) is 18.4. The molecule has 0 aliphatic carbocycles. The molecule has 0 radical (unpaired) electrons. The standard InChI is InChI=1S/C15H18Cl2N4O4/c1-3-20-14(22)12(16)10(8-18-20)24-6-5-7-25-11-9-19-21(4-2)15(23)13(11)17/h8-9H,3-7H2,1-2H3. The van der Waals surface area contributed by atoms with E-state index in [1.807, 2.05) is 0 Å². The van der Waals surface area contributed by atoms with Gasteiger partial charge in [-0.2, -0.15) is 10.2 Å². The summed E-state index contributed by atoms with van der Waals surface area (Å²) in [4.78, 5) is 23.7. The Morgan fingerprint density at radius 2 is 1.28 bits per heavy atom. The molecule has 0 saturated carbocycles. The van der Waals surface area contributed by atoms with Crippen LogP contribution in [0.15, 0.2) is 22.0 Å². The second-order valence-electron chi connectivity index (χ2n) is 4.94. The van der Waals surface area contributed by atoms with E-state index in [-0.39, 0.29) is 34.8 Å². The molecule has 0 atom stereocenters. The van der Waals surface area contributed by atoms with Crippen LogP contribution in [0.3, 0.4) is 0 Å². The number of hydrogen-bond acceptors (Lipinski definition) is 6. The largest absolute Gasteiger partial charge is 0.490 e. The van der Waals surface area contributed by atoms with Crippen LogP contribution in [0.25, 0.3) is 0 Å². The SMILES string of the molecule is CCn1ncc(OCCCOc2cnn(CC)c(=O)c2Cl)c(Cl)c1=O. The van der Waals surface area contributed by atoms with Gasteiger partial charge in [0.05, 0.1) is 25.6 Å². The van der Waals surface area contributed by atoms with Crippen LogP contribution in [0.5, 0.6) is 11.5 Å². The summed E-state index contributed by atoms with van der Waals surface area (Å²) in [6, 6.07) is 0. The van der Waals surface area contributed by atoms with Crippen LogP contribution < -0.4 is 20.6 Å². The predicted molar refractivity (Wildman–Crippen MR) is 94.0 cm³/mol. The van der Waals surface area contributed by atoms with Crippen LogP contribution >= 0.6 is 23.2 Å². The Morgan fingerprint density at radius 1 is 0.880 bits per heavy atom. The van der Waals surface area contributed by atoms with Crippen LogP contribution in [0.4, 0.5) is 0 Å². The summed E-state index contributed by atoms with van der Waals surface area (Å²) >= 11 is 11.9. The lowest BCUT2D eigenvalue weighted by atomic mass is 10.4. The van der Waals surface area contributed by atoms with Gasteiger partial charge in [0, 0.05) is 19.5 Å². The number of hydrogen-bond donors (Lipinski definition) is 0. The van der Waals surface area contributed by atoms with E-state index in [1.165, 1.54) is 21.8 Å². The number of nitrogens with zero attached hydrogens (tertiary/aromatic N) is 4. The highest BCUT2D eigenvalue weighted by molar-refractivity contribution is 6.32. The molecular formula is C15H18Cl2N4O4. The molecule has 10 heteroatoms. The van der Waals surface area contributed by atoms with Crippen molar-refractivity contribution in [3.8, 4) is 11.5 Å². The molecule has 0 unspecified atom stereocenters. The number of aromatic nitrogens is 4. The molecule has 136 valence electrons. The van der Waals surface area contributed by atoms with Gasteiger partial charge in [-0.3, -0.25) is 9.59 Å². The van der Waals surface area contributed by atoms with Crippen LogP contribution in [0, 0.1) is 0 Å². The van der Waals surface area contributed by atoms with Crippen LogP contribution in [-0.2, 0) is 13.1 Å². The lowest BCUT2D eigenvalue weighted by molar-refractivity contribution is 0.245. The molecular weight excluding hydrogens is 371 g/mol. The van der Waals surface area contributed by atoms with E-state index in [0.29, 0.717) is 19.5 Å². The first kappa shape index (κ1) is 19.3. The number of rotatable bonds is 8. The maximum atomic E-state index is 11.8. The Bertz CT molecular complexity index is 781.